The Morgan fingerprint density at radius 3 is 2.17 bits per heavy atom. The van der Waals surface area contributed by atoms with Gasteiger partial charge in [0.2, 0.25) is 11.4 Å². The van der Waals surface area contributed by atoms with E-state index in [2.05, 4.69) is 20.3 Å². The zero-order valence-corrected chi connectivity index (χ0v) is 16.2. The van der Waals surface area contributed by atoms with Crippen LogP contribution < -0.4 is 0 Å². The van der Waals surface area contributed by atoms with Crippen LogP contribution in [0.1, 0.15) is 0 Å². The first-order chi connectivity index (χ1) is 11.6. The molecule has 0 radical (unpaired) electrons. The van der Waals surface area contributed by atoms with E-state index in [0.29, 0.717) is 0 Å². The molecule has 0 atom stereocenters. The Morgan fingerprint density at radius 2 is 1.62 bits per heavy atom. The molecule has 0 bridgehead atoms. The molecule has 1 aromatic carbocycles. The quantitative estimate of drug-likeness (QED) is 0.287. The van der Waals surface area contributed by atoms with Crippen molar-refractivity contribution in [2.24, 2.45) is 9.98 Å². The summed E-state index contributed by atoms with van der Waals surface area (Å²) in [4.78, 5) is 10.3. The van der Waals surface area contributed by atoms with Crippen LogP contribution in [-0.2, 0) is 9.47 Å². The fraction of sp³-hybridized carbons (Fsp3) is 0.250. The molecule has 1 aliphatic carbocycles. The molecule has 0 unspecified atom stereocenters. The second-order valence-corrected chi connectivity index (χ2v) is 7.21. The molecule has 0 N–H and O–H groups in total. The van der Waals surface area contributed by atoms with E-state index in [9.17, 15) is 0 Å². The summed E-state index contributed by atoms with van der Waals surface area (Å²) in [7, 11) is 6.23. The van der Waals surface area contributed by atoms with Gasteiger partial charge in [-0.05, 0) is 54.8 Å². The lowest BCUT2D eigenvalue weighted by Gasteiger charge is -2.40. The van der Waals surface area contributed by atoms with Crippen molar-refractivity contribution in [2.75, 3.05) is 14.2 Å². The number of benzene rings is 1. The summed E-state index contributed by atoms with van der Waals surface area (Å²) >= 11 is 9.50. The van der Waals surface area contributed by atoms with Crippen LogP contribution in [0.4, 0.5) is 0 Å². The molecule has 0 amide bonds. The van der Waals surface area contributed by atoms with Crippen LogP contribution >= 0.6 is 46.0 Å². The fourth-order valence-corrected chi connectivity index (χ4v) is 4.46. The Hall–Kier alpha value is -1.08. The molecule has 0 saturated heterocycles. The molecule has 2 rings (SSSR count). The molecule has 0 saturated carbocycles. The summed E-state index contributed by atoms with van der Waals surface area (Å²) in [6.07, 6.45) is 5.41. The SMILES string of the molecule is COC1(OC)C=C(SSc2ccccc2)C=CC1(N=C=S)N=C=S. The van der Waals surface area contributed by atoms with Gasteiger partial charge in [-0.3, -0.25) is 0 Å². The monoisotopic (exact) mass is 394 g/mol. The first-order valence-electron chi connectivity index (χ1n) is 6.75. The summed E-state index contributed by atoms with van der Waals surface area (Å²) in [5.41, 5.74) is -1.28. The highest BCUT2D eigenvalue weighted by molar-refractivity contribution is 8.78. The molecule has 8 heteroatoms. The number of allylic oxidation sites excluding steroid dienone is 1. The molecular weight excluding hydrogens is 380 g/mol. The van der Waals surface area contributed by atoms with Gasteiger partial charge in [-0.2, -0.15) is 9.98 Å². The summed E-state index contributed by atoms with van der Waals surface area (Å²) in [5.74, 6) is -1.28. The molecule has 0 fully saturated rings. The van der Waals surface area contributed by atoms with Crippen molar-refractivity contribution in [2.45, 2.75) is 16.3 Å². The molecule has 24 heavy (non-hydrogen) atoms. The van der Waals surface area contributed by atoms with Crippen molar-refractivity contribution in [3.05, 3.63) is 53.5 Å². The van der Waals surface area contributed by atoms with Gasteiger partial charge in [0.15, 0.2) is 0 Å². The average molecular weight is 395 g/mol. The van der Waals surface area contributed by atoms with E-state index < -0.39 is 11.4 Å². The maximum atomic E-state index is 5.60. The van der Waals surface area contributed by atoms with Crippen molar-refractivity contribution in [3.8, 4) is 0 Å². The number of hydrogen-bond donors (Lipinski definition) is 0. The molecule has 0 aromatic heterocycles. The van der Waals surface area contributed by atoms with Gasteiger partial charge in [0.05, 0.1) is 10.3 Å². The molecular formula is C16H14N2O2S4. The first kappa shape index (κ1) is 19.2. The van der Waals surface area contributed by atoms with Crippen molar-refractivity contribution >= 4 is 56.3 Å². The predicted octanol–water partition coefficient (Wildman–Crippen LogP) is 4.77. The molecule has 0 aliphatic heterocycles. The summed E-state index contributed by atoms with van der Waals surface area (Å²) in [6, 6.07) is 10.1. The summed E-state index contributed by atoms with van der Waals surface area (Å²) in [6.45, 7) is 0. The van der Waals surface area contributed by atoms with Crippen LogP contribution in [-0.4, -0.2) is 36.0 Å². The van der Waals surface area contributed by atoms with E-state index >= 15 is 0 Å². The van der Waals surface area contributed by atoms with Crippen LogP contribution in [0.5, 0.6) is 0 Å². The fourth-order valence-electron chi connectivity index (χ4n) is 2.18. The van der Waals surface area contributed by atoms with Crippen molar-refractivity contribution in [3.63, 3.8) is 0 Å². The number of aliphatic imine (C=N–C) groups is 2. The van der Waals surface area contributed by atoms with E-state index in [-0.39, 0.29) is 0 Å². The van der Waals surface area contributed by atoms with Gasteiger partial charge < -0.3 is 9.47 Å². The Kier molecular flexibility index (Phi) is 7.10. The van der Waals surface area contributed by atoms with Crippen LogP contribution in [0.2, 0.25) is 0 Å². The van der Waals surface area contributed by atoms with Gasteiger partial charge in [-0.1, -0.05) is 39.8 Å². The minimum atomic E-state index is -1.28. The lowest BCUT2D eigenvalue weighted by atomic mass is 9.94. The molecule has 0 spiro atoms. The van der Waals surface area contributed by atoms with Gasteiger partial charge in [0, 0.05) is 24.0 Å². The molecule has 1 aromatic rings. The van der Waals surface area contributed by atoms with Gasteiger partial charge in [0.25, 0.3) is 0 Å². The zero-order chi connectivity index (χ0) is 17.5. The van der Waals surface area contributed by atoms with E-state index in [1.54, 1.807) is 33.7 Å². The third-order valence-corrected chi connectivity index (χ3v) is 5.92. The summed E-state index contributed by atoms with van der Waals surface area (Å²) < 4.78 is 11.2. The highest BCUT2D eigenvalue weighted by Gasteiger charge is 2.53. The third kappa shape index (κ3) is 3.94. The van der Waals surface area contributed by atoms with E-state index in [1.165, 1.54) is 14.2 Å². The summed E-state index contributed by atoms with van der Waals surface area (Å²) in [5, 5.41) is 4.67. The third-order valence-electron chi connectivity index (χ3n) is 3.34. The van der Waals surface area contributed by atoms with Crippen LogP contribution in [0.15, 0.2) is 68.3 Å². The highest BCUT2D eigenvalue weighted by atomic mass is 33.1. The number of hydrogen-bond acceptors (Lipinski definition) is 8. The van der Waals surface area contributed by atoms with Crippen molar-refractivity contribution in [1.29, 1.82) is 0 Å². The second kappa shape index (κ2) is 8.85. The topological polar surface area (TPSA) is 43.2 Å². The first-order valence-corrected chi connectivity index (χ1v) is 9.72. The number of thiocarbonyl (C=S) groups is 2. The number of nitrogens with zero attached hydrogens (tertiary/aromatic N) is 2. The van der Waals surface area contributed by atoms with E-state index in [0.717, 1.165) is 9.80 Å². The molecule has 0 heterocycles. The van der Waals surface area contributed by atoms with E-state index in [4.69, 9.17) is 33.9 Å². The van der Waals surface area contributed by atoms with Crippen LogP contribution in [0, 0.1) is 0 Å². The number of rotatable bonds is 7. The normalized spacial score (nSPS) is 21.3. The Bertz CT molecular complexity index is 714. The second-order valence-electron chi connectivity index (χ2n) is 4.57. The van der Waals surface area contributed by atoms with Crippen molar-refractivity contribution < 1.29 is 9.47 Å². The largest absolute Gasteiger partial charge is 0.346 e. The van der Waals surface area contributed by atoms with Gasteiger partial charge in [-0.15, -0.1) is 0 Å². The zero-order valence-electron chi connectivity index (χ0n) is 13.0. The minimum absolute atomic E-state index is 0.933. The average Bonchev–Trinajstić information content (AvgIpc) is 2.62. The number of isothiocyanates is 2. The van der Waals surface area contributed by atoms with Crippen LogP contribution in [0.3, 0.4) is 0 Å². The number of methoxy groups -OCH3 is 2. The smallest absolute Gasteiger partial charge is 0.245 e. The Labute approximate surface area is 159 Å². The standard InChI is InChI=1S/C16H14N2O2S4/c1-19-16(20-2)10-14(24-23-13-6-4-3-5-7-13)8-9-15(16,17-11-21)18-12-22/h3-10H,1-2H3. The lowest BCUT2D eigenvalue weighted by molar-refractivity contribution is -0.200. The van der Waals surface area contributed by atoms with Crippen LogP contribution in [0.25, 0.3) is 0 Å². The minimum Gasteiger partial charge on any atom is -0.346 e. The predicted molar refractivity (Wildman–Crippen MR) is 107 cm³/mol. The Balaban J connectivity index is 2.34. The Morgan fingerprint density at radius 1 is 1.00 bits per heavy atom. The molecule has 4 nitrogen and oxygen atoms in total. The van der Waals surface area contributed by atoms with Gasteiger partial charge in [0.1, 0.15) is 0 Å². The van der Waals surface area contributed by atoms with Gasteiger partial charge in [-0.25, -0.2) is 0 Å². The molecule has 124 valence electrons. The maximum Gasteiger partial charge on any atom is 0.245 e. The molecule has 1 aliphatic rings. The maximum absolute atomic E-state index is 5.60. The van der Waals surface area contributed by atoms with Crippen molar-refractivity contribution in [1.82, 2.24) is 0 Å². The van der Waals surface area contributed by atoms with E-state index in [1.807, 2.05) is 36.4 Å². The van der Waals surface area contributed by atoms with Gasteiger partial charge >= 0.3 is 0 Å². The lowest BCUT2D eigenvalue weighted by Crippen LogP contribution is -2.53. The highest BCUT2D eigenvalue weighted by Crippen LogP contribution is 2.45. The number of ether oxygens (including phenoxy) is 2.